The van der Waals surface area contributed by atoms with Crippen LogP contribution in [0.1, 0.15) is 21.6 Å². The number of nitriles is 1. The number of carbonyl (C=O) groups excluding carboxylic acids is 1. The highest BCUT2D eigenvalue weighted by Crippen LogP contribution is 2.04. The maximum absolute atomic E-state index is 12.0. The lowest BCUT2D eigenvalue weighted by Gasteiger charge is -2.32. The summed E-state index contributed by atoms with van der Waals surface area (Å²) in [7, 11) is 0. The second-order valence-corrected chi connectivity index (χ2v) is 7.12. The highest BCUT2D eigenvalue weighted by Gasteiger charge is 2.25. The van der Waals surface area contributed by atoms with E-state index in [9.17, 15) is 4.79 Å². The molecule has 0 aliphatic carbocycles. The standard InChI is InChI=1S/C21H25N7O.ClH/c1-17-3-2-4-18(13-17)14-20(26-16-22)28-11-9-27(10-12-28)8-7-25-21(29)19-15-23-5-6-24-19;/h2-6,13,15H,7-12,14H2,1H3,(H,25,29);1H. The van der Waals surface area contributed by atoms with Crippen LogP contribution < -0.4 is 22.6 Å². The Balaban J connectivity index is 0.00000320. The molecule has 1 saturated heterocycles. The fraction of sp³-hybridized carbons (Fsp3) is 0.381. The van der Waals surface area contributed by atoms with Gasteiger partial charge in [-0.05, 0) is 12.5 Å². The number of nitrogens with zero attached hydrogens (tertiary/aromatic N) is 5. The van der Waals surface area contributed by atoms with Gasteiger partial charge in [-0.3, -0.25) is 19.6 Å². The van der Waals surface area contributed by atoms with Crippen LogP contribution in [0.3, 0.4) is 0 Å². The number of piperazine rings is 1. The quantitative estimate of drug-likeness (QED) is 0.288. The van der Waals surface area contributed by atoms with E-state index in [1.165, 1.54) is 28.4 Å². The molecule has 2 heterocycles. The number of halogens is 1. The predicted octanol–water partition coefficient (Wildman–Crippen LogP) is -3.16. The van der Waals surface area contributed by atoms with Crippen LogP contribution in [0.4, 0.5) is 0 Å². The number of quaternary nitrogens is 1. The van der Waals surface area contributed by atoms with Crippen LogP contribution >= 0.6 is 0 Å². The third-order valence-corrected chi connectivity index (χ3v) is 5.02. The van der Waals surface area contributed by atoms with E-state index in [4.69, 9.17) is 5.26 Å². The van der Waals surface area contributed by atoms with Crippen molar-refractivity contribution in [2.24, 2.45) is 4.99 Å². The number of aryl methyl sites for hydroxylation is 1. The van der Waals surface area contributed by atoms with Crippen LogP contribution in [-0.2, 0) is 6.42 Å². The Hall–Kier alpha value is -2.86. The number of hydrogen-bond donors (Lipinski definition) is 2. The van der Waals surface area contributed by atoms with Gasteiger partial charge in [0.25, 0.3) is 5.91 Å². The molecule has 0 radical (unpaired) electrons. The van der Waals surface area contributed by atoms with Crippen molar-refractivity contribution in [1.29, 1.82) is 5.26 Å². The average Bonchev–Trinajstić information content (AvgIpc) is 2.74. The molecule has 1 aliphatic rings. The normalized spacial score (nSPS) is 15.1. The topological polar surface area (TPSA) is 98.7 Å². The van der Waals surface area contributed by atoms with Crippen LogP contribution in [-0.4, -0.2) is 65.9 Å². The first-order valence-electron chi connectivity index (χ1n) is 9.78. The van der Waals surface area contributed by atoms with Crippen LogP contribution in [0.5, 0.6) is 0 Å². The number of aromatic nitrogens is 2. The van der Waals surface area contributed by atoms with E-state index < -0.39 is 0 Å². The predicted molar refractivity (Wildman–Crippen MR) is 109 cm³/mol. The van der Waals surface area contributed by atoms with Gasteiger partial charge in [0.05, 0.1) is 25.7 Å². The first-order chi connectivity index (χ1) is 14.2. The zero-order valence-corrected chi connectivity index (χ0v) is 17.8. The summed E-state index contributed by atoms with van der Waals surface area (Å²) in [6.45, 7) is 6.99. The molecule has 1 aliphatic heterocycles. The highest BCUT2D eigenvalue weighted by atomic mass is 35.5. The van der Waals surface area contributed by atoms with E-state index in [1.54, 1.807) is 6.20 Å². The monoisotopic (exact) mass is 427 g/mol. The maximum Gasteiger partial charge on any atom is 0.271 e. The van der Waals surface area contributed by atoms with Gasteiger partial charge in [-0.15, -0.1) is 4.99 Å². The third kappa shape index (κ3) is 6.88. The Morgan fingerprint density at radius 3 is 2.80 bits per heavy atom. The summed E-state index contributed by atoms with van der Waals surface area (Å²) in [6.07, 6.45) is 7.17. The molecule has 30 heavy (non-hydrogen) atoms. The molecular formula is C21H26ClN7O. The number of aliphatic imine (C=N–C) groups is 1. The van der Waals surface area contributed by atoms with E-state index >= 15 is 0 Å². The molecular weight excluding hydrogens is 402 g/mol. The molecule has 0 atom stereocenters. The number of hydrogen-bond acceptors (Lipinski definition) is 6. The van der Waals surface area contributed by atoms with Gasteiger partial charge >= 0.3 is 0 Å². The Morgan fingerprint density at radius 2 is 2.13 bits per heavy atom. The molecule has 1 amide bonds. The molecule has 0 bridgehead atoms. The lowest BCUT2D eigenvalue weighted by molar-refractivity contribution is -0.813. The van der Waals surface area contributed by atoms with Crippen molar-refractivity contribution < 1.29 is 22.1 Å². The summed E-state index contributed by atoms with van der Waals surface area (Å²) in [5.74, 6) is 0.692. The minimum atomic E-state index is -0.205. The van der Waals surface area contributed by atoms with E-state index in [0.717, 1.165) is 38.6 Å². The molecule has 2 aromatic rings. The van der Waals surface area contributed by atoms with E-state index in [-0.39, 0.29) is 18.3 Å². The smallest absolute Gasteiger partial charge is 0.271 e. The minimum Gasteiger partial charge on any atom is -1.00 e. The van der Waals surface area contributed by atoms with Gasteiger partial charge in [-0.2, -0.15) is 5.26 Å². The van der Waals surface area contributed by atoms with Crippen molar-refractivity contribution in [3.05, 3.63) is 59.7 Å². The fourth-order valence-corrected chi connectivity index (χ4v) is 3.49. The summed E-state index contributed by atoms with van der Waals surface area (Å²) < 4.78 is 0. The Labute approximate surface area is 183 Å². The Kier molecular flexibility index (Phi) is 9.35. The molecule has 2 N–H and O–H groups in total. The number of amidine groups is 1. The van der Waals surface area contributed by atoms with Gasteiger partial charge < -0.3 is 17.7 Å². The number of nitrogens with one attached hydrogen (secondary N) is 2. The number of carbonyl (C=O) groups is 1. The van der Waals surface area contributed by atoms with Gasteiger partial charge in [-0.1, -0.05) is 29.8 Å². The molecule has 0 saturated carbocycles. The SMILES string of the molecule is Cc1cccc(CC(=NC#N)[NH+]2CCN(CCNC(=O)c3cnccn3)CC2)c1.[Cl-]. The summed E-state index contributed by atoms with van der Waals surface area (Å²) >= 11 is 0. The first-order valence-corrected chi connectivity index (χ1v) is 9.78. The fourth-order valence-electron chi connectivity index (χ4n) is 3.49. The largest absolute Gasteiger partial charge is 1.00 e. The highest BCUT2D eigenvalue weighted by molar-refractivity contribution is 5.91. The average molecular weight is 428 g/mol. The lowest BCUT2D eigenvalue weighted by atomic mass is 10.1. The van der Waals surface area contributed by atoms with Gasteiger partial charge in [0.2, 0.25) is 12.0 Å². The Morgan fingerprint density at radius 1 is 1.33 bits per heavy atom. The van der Waals surface area contributed by atoms with Gasteiger partial charge in [0.1, 0.15) is 5.69 Å². The molecule has 158 valence electrons. The van der Waals surface area contributed by atoms with Gasteiger partial charge in [0.15, 0.2) is 0 Å². The molecule has 1 aromatic carbocycles. The van der Waals surface area contributed by atoms with Crippen molar-refractivity contribution in [2.45, 2.75) is 13.3 Å². The Bertz CT molecular complexity index is 890. The molecule has 9 heteroatoms. The molecule has 0 unspecified atom stereocenters. The number of rotatable bonds is 6. The van der Waals surface area contributed by atoms with Gasteiger partial charge in [0, 0.05) is 38.6 Å². The van der Waals surface area contributed by atoms with E-state index in [0.29, 0.717) is 18.7 Å². The molecule has 0 spiro atoms. The summed E-state index contributed by atoms with van der Waals surface area (Å²) in [5.41, 5.74) is 2.72. The van der Waals surface area contributed by atoms with Crippen molar-refractivity contribution in [3.8, 4) is 6.19 Å². The first kappa shape index (κ1) is 23.4. The van der Waals surface area contributed by atoms with Crippen molar-refractivity contribution >= 4 is 11.7 Å². The van der Waals surface area contributed by atoms with Crippen molar-refractivity contribution in [2.75, 3.05) is 39.3 Å². The zero-order valence-electron chi connectivity index (χ0n) is 17.0. The summed E-state index contributed by atoms with van der Waals surface area (Å²) in [5, 5.41) is 12.0. The molecule has 8 nitrogen and oxygen atoms in total. The number of benzene rings is 1. The lowest BCUT2D eigenvalue weighted by Crippen LogP contribution is -3.17. The van der Waals surface area contributed by atoms with E-state index in [1.807, 2.05) is 12.3 Å². The summed E-state index contributed by atoms with van der Waals surface area (Å²) in [4.78, 5) is 27.6. The van der Waals surface area contributed by atoms with Gasteiger partial charge in [-0.25, -0.2) is 4.98 Å². The molecule has 3 rings (SSSR count). The van der Waals surface area contributed by atoms with Crippen LogP contribution in [0, 0.1) is 18.4 Å². The number of amides is 1. The van der Waals surface area contributed by atoms with E-state index in [2.05, 4.69) is 50.3 Å². The van der Waals surface area contributed by atoms with Crippen molar-refractivity contribution in [3.63, 3.8) is 0 Å². The second-order valence-electron chi connectivity index (χ2n) is 7.12. The zero-order chi connectivity index (χ0) is 20.5. The third-order valence-electron chi connectivity index (χ3n) is 5.02. The van der Waals surface area contributed by atoms with Crippen molar-refractivity contribution in [1.82, 2.24) is 20.2 Å². The summed E-state index contributed by atoms with van der Waals surface area (Å²) in [6, 6.07) is 8.33. The van der Waals surface area contributed by atoms with Crippen LogP contribution in [0.2, 0.25) is 0 Å². The molecule has 1 aromatic heterocycles. The van der Waals surface area contributed by atoms with Crippen LogP contribution in [0.25, 0.3) is 0 Å². The molecule has 1 fully saturated rings. The minimum absolute atomic E-state index is 0. The maximum atomic E-state index is 12.0. The second kappa shape index (κ2) is 12.0. The van der Waals surface area contributed by atoms with Crippen LogP contribution in [0.15, 0.2) is 47.8 Å².